The van der Waals surface area contributed by atoms with E-state index in [0.29, 0.717) is 6.54 Å². The molecule has 1 N–H and O–H groups in total. The van der Waals surface area contributed by atoms with Gasteiger partial charge in [0.25, 0.3) is 5.91 Å². The Morgan fingerprint density at radius 1 is 1.19 bits per heavy atom. The largest absolute Gasteiger partial charge is 0.378 e. The van der Waals surface area contributed by atoms with E-state index >= 15 is 0 Å². The van der Waals surface area contributed by atoms with E-state index in [2.05, 4.69) is 19.2 Å². The van der Waals surface area contributed by atoms with Gasteiger partial charge < -0.3 is 10.1 Å². The lowest BCUT2D eigenvalue weighted by Gasteiger charge is -2.42. The molecule has 0 aromatic heterocycles. The van der Waals surface area contributed by atoms with Gasteiger partial charge in [0.2, 0.25) is 0 Å². The normalized spacial score (nSPS) is 35.5. The van der Waals surface area contributed by atoms with Crippen LogP contribution in [0.1, 0.15) is 52.4 Å². The highest BCUT2D eigenvalue weighted by molar-refractivity contribution is 6.07. The van der Waals surface area contributed by atoms with Gasteiger partial charge in [-0.15, -0.1) is 0 Å². The number of ether oxygens (including phenoxy) is 1. The Hall–Kier alpha value is -1.10. The quantitative estimate of drug-likeness (QED) is 0.813. The number of rotatable bonds is 3. The van der Waals surface area contributed by atoms with E-state index in [9.17, 15) is 9.59 Å². The van der Waals surface area contributed by atoms with Gasteiger partial charge in [0.1, 0.15) is 5.54 Å². The molecule has 3 atom stereocenters. The molecule has 1 aliphatic carbocycles. The van der Waals surface area contributed by atoms with E-state index in [4.69, 9.17) is 4.74 Å². The van der Waals surface area contributed by atoms with Crippen molar-refractivity contribution in [3.8, 4) is 0 Å². The molecule has 1 spiro atoms. The van der Waals surface area contributed by atoms with Gasteiger partial charge in [0.15, 0.2) is 0 Å². The van der Waals surface area contributed by atoms with Crippen molar-refractivity contribution in [2.75, 3.05) is 13.2 Å². The average molecular weight is 294 g/mol. The molecule has 0 radical (unpaired) electrons. The van der Waals surface area contributed by atoms with E-state index in [-0.39, 0.29) is 29.9 Å². The first kappa shape index (κ1) is 14.8. The first-order valence-electron chi connectivity index (χ1n) is 8.31. The van der Waals surface area contributed by atoms with E-state index in [1.165, 1.54) is 4.90 Å². The molecule has 2 heterocycles. The second-order valence-corrected chi connectivity index (χ2v) is 6.91. The van der Waals surface area contributed by atoms with E-state index in [1.807, 2.05) is 0 Å². The molecule has 2 saturated heterocycles. The molecule has 118 valence electrons. The first-order chi connectivity index (χ1) is 10.1. The molecule has 3 amide bonds. The lowest BCUT2D eigenvalue weighted by atomic mass is 9.67. The zero-order valence-corrected chi connectivity index (χ0v) is 13.1. The summed E-state index contributed by atoms with van der Waals surface area (Å²) in [6.45, 7) is 5.48. The minimum absolute atomic E-state index is 0.00908. The Morgan fingerprint density at radius 3 is 2.52 bits per heavy atom. The number of urea groups is 1. The van der Waals surface area contributed by atoms with Crippen LogP contribution >= 0.6 is 0 Å². The molecule has 0 aromatic rings. The molecule has 5 heteroatoms. The number of carbonyl (C=O) groups is 2. The van der Waals surface area contributed by atoms with Crippen LogP contribution in [0.4, 0.5) is 4.79 Å². The van der Waals surface area contributed by atoms with Crippen molar-refractivity contribution in [2.24, 2.45) is 11.8 Å². The summed E-state index contributed by atoms with van der Waals surface area (Å²) in [5.74, 6) is 0.418. The SMILES string of the molecule is C[C@@H]1CCC[C@@H](C)C12NC(=O)N(CC[C@H]1CCCO1)C2=O. The van der Waals surface area contributed by atoms with Crippen molar-refractivity contribution in [1.29, 1.82) is 0 Å². The Balaban J connectivity index is 1.71. The number of nitrogens with one attached hydrogen (secondary N) is 1. The van der Waals surface area contributed by atoms with Crippen LogP contribution in [0, 0.1) is 11.8 Å². The number of carbonyl (C=O) groups excluding carboxylic acids is 2. The van der Waals surface area contributed by atoms with E-state index < -0.39 is 5.54 Å². The molecule has 3 aliphatic rings. The molecule has 0 bridgehead atoms. The molecule has 1 saturated carbocycles. The van der Waals surface area contributed by atoms with Crippen molar-refractivity contribution >= 4 is 11.9 Å². The maximum Gasteiger partial charge on any atom is 0.325 e. The second-order valence-electron chi connectivity index (χ2n) is 6.91. The number of nitrogens with zero attached hydrogens (tertiary/aromatic N) is 1. The van der Waals surface area contributed by atoms with Gasteiger partial charge in [-0.05, 0) is 43.9 Å². The van der Waals surface area contributed by atoms with Crippen LogP contribution in [0.3, 0.4) is 0 Å². The summed E-state index contributed by atoms with van der Waals surface area (Å²) < 4.78 is 5.59. The second kappa shape index (κ2) is 5.59. The van der Waals surface area contributed by atoms with Crippen LogP contribution in [0.5, 0.6) is 0 Å². The molecular formula is C16H26N2O3. The zero-order chi connectivity index (χ0) is 15.0. The number of hydrogen-bond acceptors (Lipinski definition) is 3. The predicted molar refractivity (Wildman–Crippen MR) is 78.7 cm³/mol. The Morgan fingerprint density at radius 2 is 1.90 bits per heavy atom. The third-order valence-electron chi connectivity index (χ3n) is 5.69. The van der Waals surface area contributed by atoms with Crippen molar-refractivity contribution in [2.45, 2.75) is 64.0 Å². The summed E-state index contributed by atoms with van der Waals surface area (Å²) >= 11 is 0. The fraction of sp³-hybridized carbons (Fsp3) is 0.875. The Bertz CT molecular complexity index is 421. The smallest absolute Gasteiger partial charge is 0.325 e. The lowest BCUT2D eigenvalue weighted by molar-refractivity contribution is -0.136. The maximum atomic E-state index is 12.9. The van der Waals surface area contributed by atoms with E-state index in [0.717, 1.165) is 45.1 Å². The first-order valence-corrected chi connectivity index (χ1v) is 8.31. The minimum Gasteiger partial charge on any atom is -0.378 e. The number of amides is 3. The monoisotopic (exact) mass is 294 g/mol. The Kier molecular flexibility index (Phi) is 3.95. The van der Waals surface area contributed by atoms with Crippen LogP contribution in [0.25, 0.3) is 0 Å². The highest BCUT2D eigenvalue weighted by atomic mass is 16.5. The summed E-state index contributed by atoms with van der Waals surface area (Å²) in [5.41, 5.74) is -0.661. The van der Waals surface area contributed by atoms with Gasteiger partial charge in [0.05, 0.1) is 6.10 Å². The van der Waals surface area contributed by atoms with Crippen molar-refractivity contribution in [3.05, 3.63) is 0 Å². The molecular weight excluding hydrogens is 268 g/mol. The van der Waals surface area contributed by atoms with Crippen LogP contribution in [0.15, 0.2) is 0 Å². The van der Waals surface area contributed by atoms with Crippen LogP contribution < -0.4 is 5.32 Å². The predicted octanol–water partition coefficient (Wildman–Crippen LogP) is 2.30. The number of hydrogen-bond donors (Lipinski definition) is 1. The van der Waals surface area contributed by atoms with Crippen LogP contribution in [0.2, 0.25) is 0 Å². The molecule has 3 fully saturated rings. The maximum absolute atomic E-state index is 12.9. The summed E-state index contributed by atoms with van der Waals surface area (Å²) in [7, 11) is 0. The standard InChI is InChI=1S/C16H26N2O3/c1-11-5-3-6-12(2)16(11)14(19)18(15(20)17-16)9-8-13-7-4-10-21-13/h11-13H,3-10H2,1-2H3,(H,17,20)/t11-,12-,13-/m1/s1. The van der Waals surface area contributed by atoms with Crippen LogP contribution in [-0.2, 0) is 9.53 Å². The summed E-state index contributed by atoms with van der Waals surface area (Å²) in [6.07, 6.45) is 6.26. The van der Waals surface area contributed by atoms with Crippen molar-refractivity contribution in [3.63, 3.8) is 0 Å². The summed E-state index contributed by atoms with van der Waals surface area (Å²) in [6, 6.07) is -0.210. The number of imide groups is 1. The average Bonchev–Trinajstić information content (AvgIpc) is 3.03. The van der Waals surface area contributed by atoms with Gasteiger partial charge in [-0.25, -0.2) is 4.79 Å². The van der Waals surface area contributed by atoms with E-state index in [1.54, 1.807) is 0 Å². The zero-order valence-electron chi connectivity index (χ0n) is 13.1. The highest BCUT2D eigenvalue weighted by Crippen LogP contribution is 2.42. The minimum atomic E-state index is -0.661. The van der Waals surface area contributed by atoms with Gasteiger partial charge in [-0.3, -0.25) is 9.69 Å². The molecule has 3 rings (SSSR count). The highest BCUT2D eigenvalue weighted by Gasteiger charge is 2.58. The topological polar surface area (TPSA) is 58.6 Å². The summed E-state index contributed by atoms with van der Waals surface area (Å²) in [4.78, 5) is 26.7. The summed E-state index contributed by atoms with van der Waals surface area (Å²) in [5, 5.41) is 3.04. The fourth-order valence-electron chi connectivity index (χ4n) is 4.30. The third-order valence-corrected chi connectivity index (χ3v) is 5.69. The molecule has 5 nitrogen and oxygen atoms in total. The van der Waals surface area contributed by atoms with Crippen molar-refractivity contribution in [1.82, 2.24) is 10.2 Å². The Labute approximate surface area is 126 Å². The van der Waals surface area contributed by atoms with Crippen LogP contribution in [-0.4, -0.2) is 41.6 Å². The molecule has 0 unspecified atom stereocenters. The van der Waals surface area contributed by atoms with Gasteiger partial charge in [0, 0.05) is 13.2 Å². The van der Waals surface area contributed by atoms with Gasteiger partial charge >= 0.3 is 6.03 Å². The fourth-order valence-corrected chi connectivity index (χ4v) is 4.30. The van der Waals surface area contributed by atoms with Crippen molar-refractivity contribution < 1.29 is 14.3 Å². The third kappa shape index (κ3) is 2.35. The molecule has 0 aromatic carbocycles. The lowest BCUT2D eigenvalue weighted by Crippen LogP contribution is -2.58. The molecule has 2 aliphatic heterocycles. The molecule has 21 heavy (non-hydrogen) atoms. The van der Waals surface area contributed by atoms with Gasteiger partial charge in [-0.2, -0.15) is 0 Å². The van der Waals surface area contributed by atoms with Gasteiger partial charge in [-0.1, -0.05) is 20.3 Å².